The molecule has 0 aliphatic rings. The smallest absolute Gasteiger partial charge is 0.150 e. The maximum Gasteiger partial charge on any atom is 0.150 e. The Hall–Kier alpha value is -0.940. The van der Waals surface area contributed by atoms with Crippen LogP contribution in [-0.2, 0) is 0 Å². The average molecular weight is 305 g/mol. The molecule has 1 aromatic carbocycles. The first kappa shape index (κ1) is 11.5. The van der Waals surface area contributed by atoms with Crippen molar-refractivity contribution < 1.29 is 4.39 Å². The highest BCUT2D eigenvalue weighted by Gasteiger charge is 2.10. The number of nitrogens with zero attached hydrogens (tertiary/aromatic N) is 3. The normalized spacial score (nSPS) is 12.8. The highest BCUT2D eigenvalue weighted by molar-refractivity contribution is 9.09. The van der Waals surface area contributed by atoms with E-state index in [2.05, 4.69) is 26.2 Å². The molecule has 2 aromatic rings. The molecule has 16 heavy (non-hydrogen) atoms. The summed E-state index contributed by atoms with van der Waals surface area (Å²) in [5.74, 6) is -0.425. The minimum Gasteiger partial charge on any atom is -0.217 e. The van der Waals surface area contributed by atoms with Crippen LogP contribution in [0.4, 0.5) is 4.39 Å². The van der Waals surface area contributed by atoms with Crippen LogP contribution >= 0.6 is 27.5 Å². The average Bonchev–Trinajstić information content (AvgIpc) is 2.66. The fourth-order valence-electron chi connectivity index (χ4n) is 1.24. The lowest BCUT2D eigenvalue weighted by atomic mass is 10.3. The van der Waals surface area contributed by atoms with Crippen LogP contribution in [0.3, 0.4) is 0 Å². The van der Waals surface area contributed by atoms with Crippen LogP contribution in [0.1, 0.15) is 17.4 Å². The van der Waals surface area contributed by atoms with E-state index in [-0.39, 0.29) is 4.83 Å². The summed E-state index contributed by atoms with van der Waals surface area (Å²) in [6, 6.07) is 4.42. The summed E-state index contributed by atoms with van der Waals surface area (Å²) in [4.78, 5) is 0.0802. The van der Waals surface area contributed by atoms with Crippen molar-refractivity contribution in [2.45, 2.75) is 11.8 Å². The maximum atomic E-state index is 13.6. The quantitative estimate of drug-likeness (QED) is 0.795. The van der Waals surface area contributed by atoms with Gasteiger partial charge in [-0.3, -0.25) is 0 Å². The van der Waals surface area contributed by atoms with Crippen molar-refractivity contribution in [2.75, 3.05) is 0 Å². The number of benzene rings is 1. The van der Waals surface area contributed by atoms with Gasteiger partial charge in [-0.15, -0.1) is 5.10 Å². The van der Waals surface area contributed by atoms with Crippen LogP contribution in [0.2, 0.25) is 5.02 Å². The van der Waals surface area contributed by atoms with Crippen molar-refractivity contribution in [3.8, 4) is 5.69 Å². The molecular formula is C10H8BrClFN3. The Morgan fingerprint density at radius 2 is 2.25 bits per heavy atom. The van der Waals surface area contributed by atoms with Gasteiger partial charge in [0.25, 0.3) is 0 Å². The molecule has 0 saturated carbocycles. The number of hydrogen-bond acceptors (Lipinski definition) is 2. The Kier molecular flexibility index (Phi) is 3.25. The maximum absolute atomic E-state index is 13.6. The molecule has 0 N–H and O–H groups in total. The van der Waals surface area contributed by atoms with Crippen LogP contribution in [0.15, 0.2) is 24.4 Å². The van der Waals surface area contributed by atoms with E-state index >= 15 is 0 Å². The second-order valence-corrected chi connectivity index (χ2v) is 5.11. The van der Waals surface area contributed by atoms with E-state index in [4.69, 9.17) is 11.6 Å². The van der Waals surface area contributed by atoms with Crippen LogP contribution in [0.25, 0.3) is 5.69 Å². The molecule has 0 saturated heterocycles. The summed E-state index contributed by atoms with van der Waals surface area (Å²) in [5.41, 5.74) is 1.07. The highest BCUT2D eigenvalue weighted by Crippen LogP contribution is 2.21. The van der Waals surface area contributed by atoms with E-state index in [1.807, 2.05) is 6.92 Å². The molecule has 0 bridgehead atoms. The second-order valence-electron chi connectivity index (χ2n) is 3.30. The fourth-order valence-corrected chi connectivity index (χ4v) is 1.61. The lowest BCUT2D eigenvalue weighted by molar-refractivity contribution is 0.607. The summed E-state index contributed by atoms with van der Waals surface area (Å²) >= 11 is 9.04. The first-order valence-corrected chi connectivity index (χ1v) is 5.89. The molecule has 1 atom stereocenters. The molecule has 6 heteroatoms. The van der Waals surface area contributed by atoms with Crippen molar-refractivity contribution in [1.29, 1.82) is 0 Å². The molecule has 3 nitrogen and oxygen atoms in total. The number of aromatic nitrogens is 3. The van der Waals surface area contributed by atoms with Gasteiger partial charge in [0.05, 0.1) is 16.7 Å². The fraction of sp³-hybridized carbons (Fsp3) is 0.200. The number of rotatable bonds is 2. The summed E-state index contributed by atoms with van der Waals surface area (Å²) in [7, 11) is 0. The largest absolute Gasteiger partial charge is 0.217 e. The Balaban J connectivity index is 2.42. The van der Waals surface area contributed by atoms with Crippen LogP contribution in [0.5, 0.6) is 0 Å². The van der Waals surface area contributed by atoms with Gasteiger partial charge < -0.3 is 0 Å². The van der Waals surface area contributed by atoms with E-state index in [1.54, 1.807) is 18.3 Å². The van der Waals surface area contributed by atoms with E-state index in [0.717, 1.165) is 5.69 Å². The molecule has 1 aromatic heterocycles. The molecule has 1 unspecified atom stereocenters. The SMILES string of the molecule is CC(Br)c1cn(-c2ccc(Cl)cc2F)nn1. The molecular weight excluding hydrogens is 296 g/mol. The van der Waals surface area contributed by atoms with Gasteiger partial charge in [-0.05, 0) is 25.1 Å². The minimum atomic E-state index is -0.425. The summed E-state index contributed by atoms with van der Waals surface area (Å²) in [5, 5.41) is 8.13. The molecule has 0 spiro atoms. The lowest BCUT2D eigenvalue weighted by Crippen LogP contribution is -1.98. The Labute approximate surface area is 105 Å². The van der Waals surface area contributed by atoms with E-state index in [0.29, 0.717) is 10.7 Å². The zero-order chi connectivity index (χ0) is 11.7. The topological polar surface area (TPSA) is 30.7 Å². The molecule has 84 valence electrons. The standard InChI is InChI=1S/C10H8BrClFN3/c1-6(11)9-5-16(15-14-9)10-3-2-7(12)4-8(10)13/h2-6H,1H3. The number of hydrogen-bond donors (Lipinski definition) is 0. The molecule has 0 amide bonds. The van der Waals surface area contributed by atoms with Gasteiger partial charge in [-0.2, -0.15) is 0 Å². The molecule has 0 radical (unpaired) electrons. The third-order valence-corrected chi connectivity index (χ3v) is 2.78. The van der Waals surface area contributed by atoms with Gasteiger partial charge in [0.1, 0.15) is 11.5 Å². The van der Waals surface area contributed by atoms with E-state index in [1.165, 1.54) is 10.7 Å². The predicted molar refractivity (Wildman–Crippen MR) is 63.7 cm³/mol. The molecule has 0 fully saturated rings. The van der Waals surface area contributed by atoms with Crippen molar-refractivity contribution in [1.82, 2.24) is 15.0 Å². The molecule has 1 heterocycles. The van der Waals surface area contributed by atoms with Gasteiger partial charge in [-0.1, -0.05) is 32.7 Å². The van der Waals surface area contributed by atoms with Gasteiger partial charge in [0.2, 0.25) is 0 Å². The van der Waals surface area contributed by atoms with Crippen molar-refractivity contribution in [3.63, 3.8) is 0 Å². The summed E-state index contributed by atoms with van der Waals surface area (Å²) < 4.78 is 14.9. The van der Waals surface area contributed by atoms with Crippen LogP contribution < -0.4 is 0 Å². The molecule has 0 aliphatic carbocycles. The lowest BCUT2D eigenvalue weighted by Gasteiger charge is -2.01. The number of alkyl halides is 1. The molecule has 2 rings (SSSR count). The van der Waals surface area contributed by atoms with E-state index in [9.17, 15) is 4.39 Å². The summed E-state index contributed by atoms with van der Waals surface area (Å²) in [6.07, 6.45) is 1.67. The van der Waals surface area contributed by atoms with Crippen molar-refractivity contribution >= 4 is 27.5 Å². The van der Waals surface area contributed by atoms with Gasteiger partial charge >= 0.3 is 0 Å². The third kappa shape index (κ3) is 2.25. The first-order chi connectivity index (χ1) is 7.58. The number of halogens is 3. The Morgan fingerprint density at radius 1 is 1.50 bits per heavy atom. The zero-order valence-electron chi connectivity index (χ0n) is 8.36. The second kappa shape index (κ2) is 4.51. The predicted octanol–water partition coefficient (Wildman–Crippen LogP) is 3.52. The van der Waals surface area contributed by atoms with Gasteiger partial charge in [0, 0.05) is 5.02 Å². The third-order valence-electron chi connectivity index (χ3n) is 2.08. The Bertz CT molecular complexity index is 513. The van der Waals surface area contributed by atoms with E-state index < -0.39 is 5.82 Å². The minimum absolute atomic E-state index is 0.0802. The van der Waals surface area contributed by atoms with Crippen LogP contribution in [0, 0.1) is 5.82 Å². The van der Waals surface area contributed by atoms with Crippen molar-refractivity contribution in [3.05, 3.63) is 40.9 Å². The van der Waals surface area contributed by atoms with Gasteiger partial charge in [-0.25, -0.2) is 9.07 Å². The summed E-state index contributed by atoms with van der Waals surface area (Å²) in [6.45, 7) is 1.92. The van der Waals surface area contributed by atoms with Crippen molar-refractivity contribution in [2.24, 2.45) is 0 Å². The van der Waals surface area contributed by atoms with Crippen LogP contribution in [-0.4, -0.2) is 15.0 Å². The monoisotopic (exact) mass is 303 g/mol. The van der Waals surface area contributed by atoms with Gasteiger partial charge in [0.15, 0.2) is 0 Å². The Morgan fingerprint density at radius 3 is 2.81 bits per heavy atom. The molecule has 0 aliphatic heterocycles. The zero-order valence-corrected chi connectivity index (χ0v) is 10.7. The first-order valence-electron chi connectivity index (χ1n) is 4.59. The highest BCUT2D eigenvalue weighted by atomic mass is 79.9.